The highest BCUT2D eigenvalue weighted by Gasteiger charge is 2.02. The van der Waals surface area contributed by atoms with Gasteiger partial charge in [0, 0.05) is 11.3 Å². The predicted octanol–water partition coefficient (Wildman–Crippen LogP) is 2.84. The molecular weight excluding hydrogens is 212 g/mol. The van der Waals surface area contributed by atoms with Crippen LogP contribution in [-0.4, -0.2) is 9.36 Å². The van der Waals surface area contributed by atoms with Crippen LogP contribution in [0.3, 0.4) is 0 Å². The minimum Gasteiger partial charge on any atom is -0.209 e. The smallest absolute Gasteiger partial charge is 0.209 e. The molecule has 0 aliphatic carbocycles. The fourth-order valence-electron chi connectivity index (χ4n) is 0.868. The molecule has 0 atom stereocenters. The normalized spacial score (nSPS) is 10.4. The molecule has 2 heterocycles. The number of halogens is 1. The topological polar surface area (TPSA) is 25.8 Å². The van der Waals surface area contributed by atoms with Gasteiger partial charge in [-0.3, -0.25) is 0 Å². The molecule has 0 saturated heterocycles. The predicted molar refractivity (Wildman–Crippen MR) is 52.0 cm³/mol. The van der Waals surface area contributed by atoms with Crippen LogP contribution < -0.4 is 0 Å². The summed E-state index contributed by atoms with van der Waals surface area (Å²) in [5.74, 6) is 0. The Morgan fingerprint density at radius 3 is 3.00 bits per heavy atom. The van der Waals surface area contributed by atoms with Gasteiger partial charge in [-0.05, 0) is 34.6 Å². The molecule has 5 heteroatoms. The van der Waals surface area contributed by atoms with Crippen LogP contribution in [0.2, 0.25) is 5.28 Å². The van der Waals surface area contributed by atoms with Crippen LogP contribution in [0.25, 0.3) is 0 Å². The quantitative estimate of drug-likeness (QED) is 0.772. The lowest BCUT2D eigenvalue weighted by atomic mass is 10.4. The van der Waals surface area contributed by atoms with Crippen molar-refractivity contribution >= 4 is 34.5 Å². The van der Waals surface area contributed by atoms with Crippen LogP contribution >= 0.6 is 34.5 Å². The zero-order valence-electron chi connectivity index (χ0n) is 6.03. The number of thiophene rings is 1. The number of aromatic nitrogens is 2. The molecule has 0 saturated carbocycles. The van der Waals surface area contributed by atoms with E-state index in [4.69, 9.17) is 11.6 Å². The third-order valence-electron chi connectivity index (χ3n) is 1.35. The van der Waals surface area contributed by atoms with Gasteiger partial charge in [-0.25, -0.2) is 4.98 Å². The largest absolute Gasteiger partial charge is 0.234 e. The lowest BCUT2D eigenvalue weighted by molar-refractivity contribution is 1.16. The van der Waals surface area contributed by atoms with Crippen LogP contribution in [-0.2, 0) is 6.42 Å². The van der Waals surface area contributed by atoms with Gasteiger partial charge >= 0.3 is 0 Å². The zero-order chi connectivity index (χ0) is 8.39. The van der Waals surface area contributed by atoms with E-state index in [-0.39, 0.29) is 0 Å². The van der Waals surface area contributed by atoms with E-state index in [1.165, 1.54) is 16.4 Å². The van der Waals surface area contributed by atoms with E-state index in [0.29, 0.717) is 5.28 Å². The molecule has 0 unspecified atom stereocenters. The third kappa shape index (κ3) is 1.83. The molecule has 0 amide bonds. The highest BCUT2D eigenvalue weighted by atomic mass is 35.5. The van der Waals surface area contributed by atoms with Crippen LogP contribution in [0.4, 0.5) is 0 Å². The average molecular weight is 217 g/mol. The Hall–Kier alpha value is -0.450. The summed E-state index contributed by atoms with van der Waals surface area (Å²) in [7, 11) is 0. The Bertz CT molecular complexity index is 355. The summed E-state index contributed by atoms with van der Waals surface area (Å²) in [4.78, 5) is 5.36. The number of hydrogen-bond acceptors (Lipinski definition) is 4. The molecule has 2 aromatic heterocycles. The van der Waals surface area contributed by atoms with Crippen LogP contribution in [0, 0.1) is 0 Å². The van der Waals surface area contributed by atoms with Crippen LogP contribution in [0.5, 0.6) is 0 Å². The van der Waals surface area contributed by atoms with E-state index in [1.807, 2.05) is 6.07 Å². The fourth-order valence-corrected chi connectivity index (χ4v) is 2.49. The van der Waals surface area contributed by atoms with Crippen molar-refractivity contribution in [3.8, 4) is 0 Å². The van der Waals surface area contributed by atoms with Crippen LogP contribution in [0.15, 0.2) is 17.5 Å². The standard InChI is InChI=1S/C7H5ClN2S2/c8-7-9-6(12-10-7)4-5-2-1-3-11-5/h1-3H,4H2. The Balaban J connectivity index is 2.14. The van der Waals surface area contributed by atoms with E-state index in [9.17, 15) is 0 Å². The van der Waals surface area contributed by atoms with E-state index >= 15 is 0 Å². The number of hydrogen-bond donors (Lipinski definition) is 0. The molecule has 2 rings (SSSR count). The van der Waals surface area contributed by atoms with Crippen molar-refractivity contribution < 1.29 is 0 Å². The molecule has 2 aromatic rings. The van der Waals surface area contributed by atoms with Crippen molar-refractivity contribution in [2.45, 2.75) is 6.42 Å². The Morgan fingerprint density at radius 2 is 2.42 bits per heavy atom. The SMILES string of the molecule is Clc1nsc(Cc2cccs2)n1. The highest BCUT2D eigenvalue weighted by Crippen LogP contribution is 2.17. The molecule has 0 N–H and O–H groups in total. The lowest BCUT2D eigenvalue weighted by Gasteiger charge is -1.87. The van der Waals surface area contributed by atoms with Gasteiger partial charge < -0.3 is 0 Å². The molecule has 2 nitrogen and oxygen atoms in total. The summed E-state index contributed by atoms with van der Waals surface area (Å²) in [6, 6.07) is 4.11. The minimum absolute atomic E-state index is 0.353. The summed E-state index contributed by atoms with van der Waals surface area (Å²) in [6.45, 7) is 0. The molecule has 12 heavy (non-hydrogen) atoms. The van der Waals surface area contributed by atoms with E-state index < -0.39 is 0 Å². The van der Waals surface area contributed by atoms with Gasteiger partial charge in [0.05, 0.1) is 0 Å². The zero-order valence-corrected chi connectivity index (χ0v) is 8.42. The molecule has 0 fully saturated rings. The summed E-state index contributed by atoms with van der Waals surface area (Å²) in [5.41, 5.74) is 0. The Labute approximate surface area is 83.0 Å². The molecule has 0 aromatic carbocycles. The summed E-state index contributed by atoms with van der Waals surface area (Å²) in [6.07, 6.45) is 0.849. The highest BCUT2D eigenvalue weighted by molar-refractivity contribution is 7.10. The van der Waals surface area contributed by atoms with Gasteiger partial charge in [0.2, 0.25) is 5.28 Å². The van der Waals surface area contributed by atoms with Crippen LogP contribution in [0.1, 0.15) is 9.88 Å². The van der Waals surface area contributed by atoms with E-state index in [1.54, 1.807) is 11.3 Å². The molecule has 62 valence electrons. The average Bonchev–Trinajstić information content (AvgIpc) is 2.63. The Kier molecular flexibility index (Phi) is 2.39. The fraction of sp³-hybridized carbons (Fsp3) is 0.143. The first-order valence-corrected chi connectivity index (χ1v) is 5.38. The third-order valence-corrected chi connectivity index (χ3v) is 3.21. The number of nitrogens with zero attached hydrogens (tertiary/aromatic N) is 2. The van der Waals surface area contributed by atoms with Crippen molar-refractivity contribution in [2.75, 3.05) is 0 Å². The van der Waals surface area contributed by atoms with Gasteiger partial charge in [0.15, 0.2) is 0 Å². The Morgan fingerprint density at radius 1 is 1.50 bits per heavy atom. The van der Waals surface area contributed by atoms with Gasteiger partial charge in [0.1, 0.15) is 5.01 Å². The van der Waals surface area contributed by atoms with E-state index in [2.05, 4.69) is 20.8 Å². The van der Waals surface area contributed by atoms with E-state index in [0.717, 1.165) is 11.4 Å². The van der Waals surface area contributed by atoms with Crippen molar-refractivity contribution in [2.24, 2.45) is 0 Å². The van der Waals surface area contributed by atoms with Gasteiger partial charge in [0.25, 0.3) is 0 Å². The van der Waals surface area contributed by atoms with Crippen molar-refractivity contribution in [1.29, 1.82) is 0 Å². The number of rotatable bonds is 2. The minimum atomic E-state index is 0.353. The summed E-state index contributed by atoms with van der Waals surface area (Å²) in [5, 5.41) is 3.38. The summed E-state index contributed by atoms with van der Waals surface area (Å²) < 4.78 is 3.90. The molecule has 0 aliphatic heterocycles. The monoisotopic (exact) mass is 216 g/mol. The van der Waals surface area contributed by atoms with Crippen molar-refractivity contribution in [3.05, 3.63) is 32.7 Å². The molecule has 0 bridgehead atoms. The molecular formula is C7H5ClN2S2. The first-order valence-electron chi connectivity index (χ1n) is 3.35. The van der Waals surface area contributed by atoms with Crippen molar-refractivity contribution in [3.63, 3.8) is 0 Å². The maximum Gasteiger partial charge on any atom is 0.234 e. The maximum atomic E-state index is 5.59. The first kappa shape index (κ1) is 8.16. The van der Waals surface area contributed by atoms with Gasteiger partial charge in [-0.15, -0.1) is 11.3 Å². The molecule has 0 radical (unpaired) electrons. The molecule has 0 spiro atoms. The first-order chi connectivity index (χ1) is 5.84. The second-order valence-electron chi connectivity index (χ2n) is 2.21. The van der Waals surface area contributed by atoms with Gasteiger partial charge in [-0.1, -0.05) is 6.07 Å². The van der Waals surface area contributed by atoms with Crippen molar-refractivity contribution in [1.82, 2.24) is 9.36 Å². The molecule has 0 aliphatic rings. The maximum absolute atomic E-state index is 5.59. The second-order valence-corrected chi connectivity index (χ2v) is 4.42. The summed E-state index contributed by atoms with van der Waals surface area (Å²) >= 11 is 8.68. The second kappa shape index (κ2) is 3.51. The van der Waals surface area contributed by atoms with Gasteiger partial charge in [-0.2, -0.15) is 4.37 Å². The lowest BCUT2D eigenvalue weighted by Crippen LogP contribution is -1.81.